The molecule has 176 valence electrons. The number of alkyl halides is 6. The average Bonchev–Trinajstić information content (AvgIpc) is 3.18. The van der Waals surface area contributed by atoms with E-state index < -0.39 is 41.1 Å². The zero-order valence-electron chi connectivity index (χ0n) is 16.8. The standard InChI is InChI=1S/C21H17F7N4O/c22-14-4-1-11(2-5-14)12-3-6-15(33)13(7-12)10-29-18-8-16(20(23,24)25)30-19-9-17(21(26,27)28)31-32(18)19/h1-2,4-5,8-9,12-13,29H,3,6-7,10H2. The van der Waals surface area contributed by atoms with Gasteiger partial charge in [0.25, 0.3) is 0 Å². The molecule has 2 atom stereocenters. The number of nitrogens with zero attached hydrogens (tertiary/aromatic N) is 3. The summed E-state index contributed by atoms with van der Waals surface area (Å²) in [7, 11) is 0. The molecule has 1 fully saturated rings. The van der Waals surface area contributed by atoms with E-state index in [1.165, 1.54) is 12.1 Å². The van der Waals surface area contributed by atoms with Crippen LogP contribution in [0.1, 0.15) is 42.1 Å². The molecule has 1 aromatic carbocycles. The molecular weight excluding hydrogens is 457 g/mol. The molecular formula is C21H17F7N4O. The summed E-state index contributed by atoms with van der Waals surface area (Å²) in [5.74, 6) is -1.52. The van der Waals surface area contributed by atoms with Crippen molar-refractivity contribution in [2.75, 3.05) is 11.9 Å². The Balaban J connectivity index is 1.60. The molecule has 0 spiro atoms. The maximum Gasteiger partial charge on any atom is 0.435 e. The second-order valence-electron chi connectivity index (χ2n) is 7.89. The first-order valence-corrected chi connectivity index (χ1v) is 9.99. The van der Waals surface area contributed by atoms with Gasteiger partial charge in [-0.05, 0) is 36.5 Å². The van der Waals surface area contributed by atoms with E-state index >= 15 is 0 Å². The van der Waals surface area contributed by atoms with Crippen molar-refractivity contribution >= 4 is 17.2 Å². The first kappa shape index (κ1) is 23.0. The Morgan fingerprint density at radius 3 is 2.30 bits per heavy atom. The molecule has 0 radical (unpaired) electrons. The number of nitrogens with one attached hydrogen (secondary N) is 1. The lowest BCUT2D eigenvalue weighted by molar-refractivity contribution is -0.142. The summed E-state index contributed by atoms with van der Waals surface area (Å²) in [5, 5.41) is 6.00. The van der Waals surface area contributed by atoms with E-state index in [-0.39, 0.29) is 30.5 Å². The van der Waals surface area contributed by atoms with Crippen LogP contribution >= 0.6 is 0 Å². The third kappa shape index (κ3) is 4.93. The second kappa shape index (κ2) is 8.31. The van der Waals surface area contributed by atoms with Crippen molar-refractivity contribution in [3.05, 3.63) is 59.2 Å². The van der Waals surface area contributed by atoms with Crippen molar-refractivity contribution in [3.63, 3.8) is 0 Å². The number of hydrogen-bond acceptors (Lipinski definition) is 4. The lowest BCUT2D eigenvalue weighted by atomic mass is 9.77. The van der Waals surface area contributed by atoms with E-state index in [9.17, 15) is 35.5 Å². The number of carbonyl (C=O) groups is 1. The van der Waals surface area contributed by atoms with E-state index in [0.717, 1.165) is 5.56 Å². The summed E-state index contributed by atoms with van der Waals surface area (Å²) < 4.78 is 92.7. The Morgan fingerprint density at radius 1 is 1.00 bits per heavy atom. The van der Waals surface area contributed by atoms with Gasteiger partial charge in [0.05, 0.1) is 0 Å². The smallest absolute Gasteiger partial charge is 0.369 e. The van der Waals surface area contributed by atoms with Gasteiger partial charge in [-0.25, -0.2) is 9.37 Å². The first-order valence-electron chi connectivity index (χ1n) is 9.99. The van der Waals surface area contributed by atoms with Crippen LogP contribution in [0.4, 0.5) is 36.6 Å². The number of anilines is 1. The molecule has 2 aromatic heterocycles. The monoisotopic (exact) mass is 474 g/mol. The van der Waals surface area contributed by atoms with Crippen molar-refractivity contribution in [2.45, 2.75) is 37.5 Å². The lowest BCUT2D eigenvalue weighted by Crippen LogP contribution is -2.30. The van der Waals surface area contributed by atoms with Crippen LogP contribution < -0.4 is 5.32 Å². The van der Waals surface area contributed by atoms with E-state index in [1.807, 2.05) is 0 Å². The lowest BCUT2D eigenvalue weighted by Gasteiger charge is -2.29. The minimum Gasteiger partial charge on any atom is -0.369 e. The van der Waals surface area contributed by atoms with Crippen molar-refractivity contribution in [1.29, 1.82) is 0 Å². The fraction of sp³-hybridized carbons (Fsp3) is 0.381. The molecule has 4 rings (SSSR count). The van der Waals surface area contributed by atoms with Gasteiger partial charge in [0.2, 0.25) is 0 Å². The van der Waals surface area contributed by atoms with Gasteiger partial charge < -0.3 is 5.32 Å². The number of hydrogen-bond donors (Lipinski definition) is 1. The maximum atomic E-state index is 13.2. The molecule has 0 saturated heterocycles. The first-order chi connectivity index (χ1) is 15.4. The molecule has 12 heteroatoms. The van der Waals surface area contributed by atoms with Gasteiger partial charge in [0.15, 0.2) is 17.0 Å². The summed E-state index contributed by atoms with van der Waals surface area (Å²) in [5.41, 5.74) is -2.56. The van der Waals surface area contributed by atoms with Gasteiger partial charge in [-0.15, -0.1) is 0 Å². The van der Waals surface area contributed by atoms with Gasteiger partial charge in [0.1, 0.15) is 17.4 Å². The SMILES string of the molecule is O=C1CCC(c2ccc(F)cc2)CC1CNc1cc(C(F)(F)F)nc2cc(C(F)(F)F)nn12. The molecule has 1 saturated carbocycles. The van der Waals surface area contributed by atoms with Gasteiger partial charge in [-0.2, -0.15) is 36.0 Å². The van der Waals surface area contributed by atoms with E-state index in [1.54, 1.807) is 12.1 Å². The molecule has 33 heavy (non-hydrogen) atoms. The normalized spacial score (nSPS) is 19.8. The van der Waals surface area contributed by atoms with Crippen LogP contribution in [-0.4, -0.2) is 26.9 Å². The summed E-state index contributed by atoms with van der Waals surface area (Å²) in [6.07, 6.45) is -8.62. The van der Waals surface area contributed by atoms with Gasteiger partial charge in [-0.3, -0.25) is 4.79 Å². The van der Waals surface area contributed by atoms with Crippen molar-refractivity contribution < 1.29 is 35.5 Å². The number of benzene rings is 1. The molecule has 1 aliphatic rings. The quantitative estimate of drug-likeness (QED) is 0.510. The van der Waals surface area contributed by atoms with Crippen LogP contribution in [0, 0.1) is 11.7 Å². The number of carbonyl (C=O) groups excluding carboxylic acids is 1. The zero-order valence-corrected chi connectivity index (χ0v) is 16.8. The van der Waals surface area contributed by atoms with E-state index in [4.69, 9.17) is 0 Å². The third-order valence-electron chi connectivity index (χ3n) is 5.64. The largest absolute Gasteiger partial charge is 0.435 e. The fourth-order valence-corrected chi connectivity index (χ4v) is 3.96. The predicted molar refractivity (Wildman–Crippen MR) is 103 cm³/mol. The topological polar surface area (TPSA) is 59.3 Å². The van der Waals surface area contributed by atoms with E-state index in [0.29, 0.717) is 29.5 Å². The third-order valence-corrected chi connectivity index (χ3v) is 5.64. The Labute approximate surface area is 182 Å². The van der Waals surface area contributed by atoms with Crippen LogP contribution in [0.2, 0.25) is 0 Å². The van der Waals surface area contributed by atoms with Gasteiger partial charge >= 0.3 is 12.4 Å². The average molecular weight is 474 g/mol. The number of halogens is 7. The molecule has 3 aromatic rings. The molecule has 2 heterocycles. The minimum atomic E-state index is -4.89. The number of rotatable bonds is 4. The van der Waals surface area contributed by atoms with Crippen LogP contribution in [0.5, 0.6) is 0 Å². The Bertz CT molecular complexity index is 1170. The minimum absolute atomic E-state index is 0.0557. The second-order valence-corrected chi connectivity index (χ2v) is 7.89. The van der Waals surface area contributed by atoms with Crippen LogP contribution in [0.25, 0.3) is 5.65 Å². The Morgan fingerprint density at radius 2 is 1.67 bits per heavy atom. The Hall–Kier alpha value is -3.18. The van der Waals surface area contributed by atoms with Crippen molar-refractivity contribution in [2.24, 2.45) is 5.92 Å². The number of ketones is 1. The van der Waals surface area contributed by atoms with E-state index in [2.05, 4.69) is 15.4 Å². The maximum absolute atomic E-state index is 13.2. The van der Waals surface area contributed by atoms with Crippen LogP contribution in [0.3, 0.4) is 0 Å². The summed E-state index contributed by atoms with van der Waals surface area (Å²) in [4.78, 5) is 15.7. The van der Waals surface area contributed by atoms with Crippen molar-refractivity contribution in [3.8, 4) is 0 Å². The van der Waals surface area contributed by atoms with Crippen LogP contribution in [0.15, 0.2) is 36.4 Å². The molecule has 2 unspecified atom stereocenters. The highest BCUT2D eigenvalue weighted by molar-refractivity contribution is 5.82. The predicted octanol–water partition coefficient (Wildman–Crippen LogP) is 5.47. The summed E-state index contributed by atoms with van der Waals surface area (Å²) in [6.45, 7) is -0.103. The fourth-order valence-electron chi connectivity index (χ4n) is 3.96. The summed E-state index contributed by atoms with van der Waals surface area (Å²) >= 11 is 0. The molecule has 1 N–H and O–H groups in total. The number of Topliss-reactive ketones (excluding diaryl/α,β-unsaturated/α-hetero) is 1. The van der Waals surface area contributed by atoms with Crippen molar-refractivity contribution in [1.82, 2.24) is 14.6 Å². The van der Waals surface area contributed by atoms with Gasteiger partial charge in [0, 0.05) is 31.0 Å². The molecule has 5 nitrogen and oxygen atoms in total. The Kier molecular flexibility index (Phi) is 5.79. The summed E-state index contributed by atoms with van der Waals surface area (Å²) in [6, 6.07) is 6.83. The van der Waals surface area contributed by atoms with Gasteiger partial charge in [-0.1, -0.05) is 12.1 Å². The molecule has 1 aliphatic carbocycles. The highest BCUT2D eigenvalue weighted by Crippen LogP contribution is 2.36. The zero-order chi connectivity index (χ0) is 24.0. The highest BCUT2D eigenvalue weighted by atomic mass is 19.4. The molecule has 0 bridgehead atoms. The highest BCUT2D eigenvalue weighted by Gasteiger charge is 2.37. The van der Waals surface area contributed by atoms with Crippen LogP contribution in [-0.2, 0) is 17.1 Å². The number of aromatic nitrogens is 3. The molecule has 0 amide bonds. The molecule has 0 aliphatic heterocycles. The number of fused-ring (bicyclic) bond motifs is 1.